The number of aliphatic hydroxyl groups is 1. The number of aliphatic hydroxyl groups excluding tert-OH is 1. The minimum atomic E-state index is -0.460. The summed E-state index contributed by atoms with van der Waals surface area (Å²) in [5.41, 5.74) is 5.52. The SMILES string of the molecule is CC(CO)N(Cc1ccccc1Cl)C(=O)OCC1c2ccccc2-c2ccccc21. The quantitative estimate of drug-likeness (QED) is 0.574. The lowest BCUT2D eigenvalue weighted by molar-refractivity contribution is 0.0683. The van der Waals surface area contributed by atoms with E-state index in [1.165, 1.54) is 27.2 Å². The third-order valence-corrected chi connectivity index (χ3v) is 6.03. The number of fused-ring (bicyclic) bond motifs is 3. The highest BCUT2D eigenvalue weighted by molar-refractivity contribution is 6.31. The molecule has 0 heterocycles. The van der Waals surface area contributed by atoms with Crippen molar-refractivity contribution in [3.05, 3.63) is 94.5 Å². The number of rotatable bonds is 6. The van der Waals surface area contributed by atoms with E-state index in [1.807, 2.05) is 42.5 Å². The zero-order valence-corrected chi connectivity index (χ0v) is 17.5. The highest BCUT2D eigenvalue weighted by atomic mass is 35.5. The predicted octanol–water partition coefficient (Wildman–Crippen LogP) is 5.47. The maximum Gasteiger partial charge on any atom is 0.410 e. The van der Waals surface area contributed by atoms with Gasteiger partial charge in [-0.1, -0.05) is 78.3 Å². The Morgan fingerprint density at radius 1 is 1.00 bits per heavy atom. The smallest absolute Gasteiger partial charge is 0.410 e. The Kier molecular flexibility index (Phi) is 6.07. The van der Waals surface area contributed by atoms with Crippen LogP contribution in [0.1, 0.15) is 29.5 Å². The first kappa shape index (κ1) is 20.5. The van der Waals surface area contributed by atoms with Crippen molar-refractivity contribution in [2.24, 2.45) is 0 Å². The second-order valence-electron chi connectivity index (χ2n) is 7.55. The van der Waals surface area contributed by atoms with Crippen LogP contribution in [0.5, 0.6) is 0 Å². The van der Waals surface area contributed by atoms with Crippen molar-refractivity contribution in [2.45, 2.75) is 25.4 Å². The van der Waals surface area contributed by atoms with Crippen LogP contribution in [0.15, 0.2) is 72.8 Å². The molecule has 0 saturated heterocycles. The molecular weight excluding hydrogens is 398 g/mol. The molecule has 0 aromatic heterocycles. The summed E-state index contributed by atoms with van der Waals surface area (Å²) < 4.78 is 5.77. The molecule has 1 aliphatic rings. The van der Waals surface area contributed by atoms with E-state index in [4.69, 9.17) is 16.3 Å². The number of benzene rings is 3. The first-order chi connectivity index (χ1) is 14.6. The van der Waals surface area contributed by atoms with Crippen molar-refractivity contribution in [1.82, 2.24) is 4.90 Å². The van der Waals surface area contributed by atoms with Crippen LogP contribution in [0.3, 0.4) is 0 Å². The minimum absolute atomic E-state index is 0.00653. The minimum Gasteiger partial charge on any atom is -0.448 e. The molecule has 4 rings (SSSR count). The third kappa shape index (κ3) is 3.93. The number of ether oxygens (including phenoxy) is 1. The lowest BCUT2D eigenvalue weighted by atomic mass is 9.98. The van der Waals surface area contributed by atoms with E-state index in [-0.39, 0.29) is 25.7 Å². The van der Waals surface area contributed by atoms with Crippen LogP contribution in [-0.2, 0) is 11.3 Å². The molecule has 4 nitrogen and oxygen atoms in total. The highest BCUT2D eigenvalue weighted by Crippen LogP contribution is 2.44. The Morgan fingerprint density at radius 3 is 2.17 bits per heavy atom. The topological polar surface area (TPSA) is 49.8 Å². The summed E-state index contributed by atoms with van der Waals surface area (Å²) in [4.78, 5) is 14.5. The lowest BCUT2D eigenvalue weighted by Crippen LogP contribution is -2.41. The van der Waals surface area contributed by atoms with Crippen molar-refractivity contribution in [1.29, 1.82) is 0 Å². The molecule has 3 aromatic rings. The van der Waals surface area contributed by atoms with Gasteiger partial charge in [-0.25, -0.2) is 4.79 Å². The van der Waals surface area contributed by atoms with Gasteiger partial charge in [0.25, 0.3) is 0 Å². The Bertz CT molecular complexity index is 1010. The number of nitrogens with zero attached hydrogens (tertiary/aromatic N) is 1. The summed E-state index contributed by atoms with van der Waals surface area (Å²) >= 11 is 6.27. The van der Waals surface area contributed by atoms with Crippen LogP contribution in [-0.4, -0.2) is 35.4 Å². The summed E-state index contributed by atoms with van der Waals surface area (Å²) in [6.07, 6.45) is -0.460. The molecule has 30 heavy (non-hydrogen) atoms. The van der Waals surface area contributed by atoms with Crippen LogP contribution in [0.4, 0.5) is 4.79 Å². The van der Waals surface area contributed by atoms with Crippen LogP contribution in [0.25, 0.3) is 11.1 Å². The molecule has 0 fully saturated rings. The molecule has 1 aliphatic carbocycles. The van der Waals surface area contributed by atoms with Gasteiger partial charge in [0.15, 0.2) is 0 Å². The molecule has 0 saturated carbocycles. The van der Waals surface area contributed by atoms with Gasteiger partial charge in [0.05, 0.1) is 19.2 Å². The van der Waals surface area contributed by atoms with Crippen LogP contribution < -0.4 is 0 Å². The molecule has 1 atom stereocenters. The van der Waals surface area contributed by atoms with Gasteiger partial charge in [-0.15, -0.1) is 0 Å². The number of carbonyl (C=O) groups is 1. The zero-order chi connectivity index (χ0) is 21.1. The molecule has 1 N–H and O–H groups in total. The number of hydrogen-bond donors (Lipinski definition) is 1. The normalized spacial score (nSPS) is 13.4. The van der Waals surface area contributed by atoms with E-state index in [0.29, 0.717) is 5.02 Å². The Labute approximate surface area is 181 Å². The van der Waals surface area contributed by atoms with Crippen LogP contribution in [0, 0.1) is 0 Å². The monoisotopic (exact) mass is 421 g/mol. The summed E-state index contributed by atoms with van der Waals surface area (Å²) in [7, 11) is 0. The highest BCUT2D eigenvalue weighted by Gasteiger charge is 2.30. The third-order valence-electron chi connectivity index (χ3n) is 5.67. The van der Waals surface area contributed by atoms with Gasteiger partial charge >= 0.3 is 6.09 Å². The predicted molar refractivity (Wildman–Crippen MR) is 119 cm³/mol. The van der Waals surface area contributed by atoms with E-state index in [9.17, 15) is 9.90 Å². The van der Waals surface area contributed by atoms with Crippen molar-refractivity contribution in [3.8, 4) is 11.1 Å². The number of amides is 1. The van der Waals surface area contributed by atoms with Gasteiger partial charge in [0, 0.05) is 10.9 Å². The number of halogens is 1. The standard InChI is InChI=1S/C25H24ClNO3/c1-17(15-28)27(14-18-8-2-7-13-24(18)26)25(29)30-16-23-21-11-5-3-9-19(21)20-10-4-6-12-22(20)23/h2-13,17,23,28H,14-16H2,1H3. The molecule has 0 aliphatic heterocycles. The summed E-state index contributed by atoms with van der Waals surface area (Å²) in [5.74, 6) is -0.00653. The average Bonchev–Trinajstić information content (AvgIpc) is 3.10. The average molecular weight is 422 g/mol. The van der Waals surface area contributed by atoms with Gasteiger partial charge in [0.1, 0.15) is 6.61 Å². The largest absolute Gasteiger partial charge is 0.448 e. The molecular formula is C25H24ClNO3. The fraction of sp³-hybridized carbons (Fsp3) is 0.240. The number of carbonyl (C=O) groups excluding carboxylic acids is 1. The summed E-state index contributed by atoms with van der Waals surface area (Å²) in [5, 5.41) is 10.2. The molecule has 0 radical (unpaired) electrons. The maximum absolute atomic E-state index is 13.0. The van der Waals surface area contributed by atoms with Crippen molar-refractivity contribution >= 4 is 17.7 Å². The van der Waals surface area contributed by atoms with Gasteiger partial charge in [0.2, 0.25) is 0 Å². The van der Waals surface area contributed by atoms with E-state index in [1.54, 1.807) is 13.0 Å². The fourth-order valence-corrected chi connectivity index (χ4v) is 4.18. The Morgan fingerprint density at radius 2 is 1.57 bits per heavy atom. The molecule has 3 aromatic carbocycles. The van der Waals surface area contributed by atoms with Crippen molar-refractivity contribution in [2.75, 3.05) is 13.2 Å². The van der Waals surface area contributed by atoms with E-state index >= 15 is 0 Å². The van der Waals surface area contributed by atoms with Gasteiger partial charge in [-0.05, 0) is 40.8 Å². The Hall–Kier alpha value is -2.82. The van der Waals surface area contributed by atoms with Gasteiger partial charge in [-0.2, -0.15) is 0 Å². The second-order valence-corrected chi connectivity index (χ2v) is 7.96. The fourth-order valence-electron chi connectivity index (χ4n) is 3.99. The maximum atomic E-state index is 13.0. The van der Waals surface area contributed by atoms with Crippen LogP contribution in [0.2, 0.25) is 5.02 Å². The first-order valence-corrected chi connectivity index (χ1v) is 10.4. The molecule has 1 unspecified atom stereocenters. The van der Waals surface area contributed by atoms with E-state index in [0.717, 1.165) is 5.56 Å². The van der Waals surface area contributed by atoms with Gasteiger partial charge in [-0.3, -0.25) is 4.90 Å². The molecule has 1 amide bonds. The molecule has 154 valence electrons. The Balaban J connectivity index is 1.53. The summed E-state index contributed by atoms with van der Waals surface area (Å²) in [6, 6.07) is 23.5. The van der Waals surface area contributed by atoms with Crippen molar-refractivity contribution < 1.29 is 14.6 Å². The summed E-state index contributed by atoms with van der Waals surface area (Å²) in [6.45, 7) is 2.15. The van der Waals surface area contributed by atoms with Crippen molar-refractivity contribution in [3.63, 3.8) is 0 Å². The molecule has 0 spiro atoms. The zero-order valence-electron chi connectivity index (χ0n) is 16.8. The van der Waals surface area contributed by atoms with E-state index < -0.39 is 12.1 Å². The second kappa shape index (κ2) is 8.90. The van der Waals surface area contributed by atoms with E-state index in [2.05, 4.69) is 24.3 Å². The molecule has 5 heteroatoms. The van der Waals surface area contributed by atoms with Crippen LogP contribution >= 0.6 is 11.6 Å². The van der Waals surface area contributed by atoms with Gasteiger partial charge < -0.3 is 9.84 Å². The number of hydrogen-bond acceptors (Lipinski definition) is 3. The molecule has 0 bridgehead atoms. The lowest BCUT2D eigenvalue weighted by Gasteiger charge is -2.28. The first-order valence-electron chi connectivity index (χ1n) is 10.1.